The van der Waals surface area contributed by atoms with E-state index in [1.54, 1.807) is 6.07 Å². The maximum Gasteiger partial charge on any atom is 0.244 e. The molecule has 3 aromatic carbocycles. The van der Waals surface area contributed by atoms with E-state index in [1.807, 2.05) is 79.1 Å². The number of hydrogen-bond acceptors (Lipinski definition) is 3. The van der Waals surface area contributed by atoms with Crippen LogP contribution < -0.4 is 10.1 Å². The number of anilines is 1. The maximum absolute atomic E-state index is 12.8. The molecule has 1 heterocycles. The number of halogens is 1. The third-order valence-corrected chi connectivity index (χ3v) is 5.21. The lowest BCUT2D eigenvalue weighted by molar-refractivity contribution is -0.116. The summed E-state index contributed by atoms with van der Waals surface area (Å²) in [4.78, 5) is 17.5. The molecule has 0 saturated carbocycles. The van der Waals surface area contributed by atoms with Crippen LogP contribution in [0.1, 0.15) is 17.0 Å². The van der Waals surface area contributed by atoms with Crippen molar-refractivity contribution in [3.63, 3.8) is 0 Å². The number of nitrogens with zero attached hydrogens (tertiary/aromatic N) is 2. The van der Waals surface area contributed by atoms with Crippen LogP contribution in [0.5, 0.6) is 5.75 Å². The molecule has 152 valence electrons. The number of amides is 1. The molecule has 0 unspecified atom stereocenters. The van der Waals surface area contributed by atoms with Crippen molar-refractivity contribution in [1.29, 1.82) is 0 Å². The van der Waals surface area contributed by atoms with Crippen molar-refractivity contribution in [2.75, 3.05) is 5.32 Å². The summed E-state index contributed by atoms with van der Waals surface area (Å²) in [6, 6.07) is 21.0. The summed E-state index contributed by atoms with van der Waals surface area (Å²) >= 11 is 6.19. The average molecular weight is 420 g/mol. The summed E-state index contributed by atoms with van der Waals surface area (Å²) in [7, 11) is 0. The molecular formula is C24H22ClN3O2. The highest BCUT2D eigenvalue weighted by Crippen LogP contribution is 2.25. The number of rotatable bonds is 6. The molecule has 0 aliphatic heterocycles. The van der Waals surface area contributed by atoms with Crippen LogP contribution >= 0.6 is 11.6 Å². The highest BCUT2D eigenvalue weighted by Gasteiger charge is 2.15. The monoisotopic (exact) mass is 419 g/mol. The van der Waals surface area contributed by atoms with Gasteiger partial charge in [0.1, 0.15) is 24.7 Å². The number of benzene rings is 3. The first-order valence-electron chi connectivity index (χ1n) is 9.70. The number of ether oxygens (including phenoxy) is 1. The molecule has 30 heavy (non-hydrogen) atoms. The van der Waals surface area contributed by atoms with Gasteiger partial charge in [-0.2, -0.15) is 0 Å². The van der Waals surface area contributed by atoms with E-state index in [0.29, 0.717) is 16.6 Å². The number of carbonyl (C=O) groups is 1. The molecule has 0 atom stereocenters. The molecule has 0 fully saturated rings. The summed E-state index contributed by atoms with van der Waals surface area (Å²) < 4.78 is 7.76. The molecular weight excluding hydrogens is 398 g/mol. The Bertz CT molecular complexity index is 1220. The van der Waals surface area contributed by atoms with Gasteiger partial charge in [-0.15, -0.1) is 0 Å². The summed E-state index contributed by atoms with van der Waals surface area (Å²) in [6.45, 7) is 4.32. The highest BCUT2D eigenvalue weighted by molar-refractivity contribution is 6.32. The topological polar surface area (TPSA) is 56.2 Å². The zero-order valence-corrected chi connectivity index (χ0v) is 17.6. The first-order chi connectivity index (χ1) is 14.5. The van der Waals surface area contributed by atoms with Crippen molar-refractivity contribution in [2.45, 2.75) is 27.0 Å². The molecule has 1 amide bonds. The zero-order valence-electron chi connectivity index (χ0n) is 16.9. The Morgan fingerprint density at radius 3 is 2.67 bits per heavy atom. The summed E-state index contributed by atoms with van der Waals surface area (Å²) in [5, 5.41) is 3.55. The predicted octanol–water partition coefficient (Wildman–Crippen LogP) is 5.52. The quantitative estimate of drug-likeness (QED) is 0.447. The van der Waals surface area contributed by atoms with Gasteiger partial charge in [0.2, 0.25) is 5.91 Å². The second kappa shape index (κ2) is 8.59. The lowest BCUT2D eigenvalue weighted by atomic mass is 10.1. The lowest BCUT2D eigenvalue weighted by Crippen LogP contribution is -2.21. The molecule has 6 heteroatoms. The molecule has 5 nitrogen and oxygen atoms in total. The summed E-state index contributed by atoms with van der Waals surface area (Å²) in [5.74, 6) is 1.12. The second-order valence-electron chi connectivity index (χ2n) is 7.19. The van der Waals surface area contributed by atoms with E-state index in [2.05, 4.69) is 10.3 Å². The van der Waals surface area contributed by atoms with E-state index in [-0.39, 0.29) is 19.1 Å². The number of para-hydroxylation sites is 3. The fraction of sp³-hybridized carbons (Fsp3) is 0.167. The van der Waals surface area contributed by atoms with Gasteiger partial charge in [-0.25, -0.2) is 4.98 Å². The van der Waals surface area contributed by atoms with Gasteiger partial charge in [0.05, 0.1) is 16.1 Å². The number of imidazole rings is 1. The van der Waals surface area contributed by atoms with Gasteiger partial charge in [0.25, 0.3) is 0 Å². The fourth-order valence-electron chi connectivity index (χ4n) is 3.32. The van der Waals surface area contributed by atoms with Crippen LogP contribution in [-0.4, -0.2) is 15.5 Å². The van der Waals surface area contributed by atoms with Crippen molar-refractivity contribution in [3.8, 4) is 5.75 Å². The number of hydrogen-bond donors (Lipinski definition) is 1. The first kappa shape index (κ1) is 20.0. The average Bonchev–Trinajstić information content (AvgIpc) is 3.07. The molecule has 0 aliphatic carbocycles. The van der Waals surface area contributed by atoms with Crippen molar-refractivity contribution in [1.82, 2.24) is 9.55 Å². The number of fused-ring (bicyclic) bond motifs is 1. The Balaban J connectivity index is 1.59. The van der Waals surface area contributed by atoms with Crippen molar-refractivity contribution >= 4 is 34.2 Å². The Morgan fingerprint density at radius 2 is 1.83 bits per heavy atom. The van der Waals surface area contributed by atoms with Crippen molar-refractivity contribution in [2.24, 2.45) is 0 Å². The minimum Gasteiger partial charge on any atom is -0.484 e. The van der Waals surface area contributed by atoms with E-state index in [9.17, 15) is 4.79 Å². The fourth-order valence-corrected chi connectivity index (χ4v) is 3.51. The van der Waals surface area contributed by atoms with Crippen molar-refractivity contribution in [3.05, 3.63) is 88.7 Å². The van der Waals surface area contributed by atoms with Crippen LogP contribution in [0.4, 0.5) is 5.69 Å². The third-order valence-electron chi connectivity index (χ3n) is 4.90. The van der Waals surface area contributed by atoms with Gasteiger partial charge in [0.15, 0.2) is 0 Å². The van der Waals surface area contributed by atoms with E-state index in [4.69, 9.17) is 16.3 Å². The Kier molecular flexibility index (Phi) is 5.72. The lowest BCUT2D eigenvalue weighted by Gasteiger charge is -2.13. The van der Waals surface area contributed by atoms with Crippen LogP contribution in [0, 0.1) is 13.8 Å². The minimum absolute atomic E-state index is 0.120. The summed E-state index contributed by atoms with van der Waals surface area (Å²) in [5.41, 5.74) is 4.63. The molecule has 0 spiro atoms. The number of carbonyl (C=O) groups excluding carboxylic acids is 1. The largest absolute Gasteiger partial charge is 0.484 e. The minimum atomic E-state index is -0.120. The number of aromatic nitrogens is 2. The molecule has 0 bridgehead atoms. The molecule has 1 N–H and O–H groups in total. The highest BCUT2D eigenvalue weighted by atomic mass is 35.5. The standard InChI is InChI=1S/C24H22ClN3O2/c1-16-11-12-17(2)20(13-16)27-24(29)14-28-21-9-5-4-8-19(21)26-23(28)15-30-22-10-6-3-7-18(22)25/h3-13H,14-15H2,1-2H3,(H,27,29). The van der Waals surface area contributed by atoms with Gasteiger partial charge < -0.3 is 14.6 Å². The molecule has 0 saturated heterocycles. The normalized spacial score (nSPS) is 10.9. The van der Waals surface area contributed by atoms with Gasteiger partial charge in [-0.1, -0.05) is 48.0 Å². The first-order valence-corrected chi connectivity index (χ1v) is 10.1. The van der Waals surface area contributed by atoms with E-state index < -0.39 is 0 Å². The van der Waals surface area contributed by atoms with Crippen LogP contribution in [0.25, 0.3) is 11.0 Å². The van der Waals surface area contributed by atoms with Gasteiger partial charge >= 0.3 is 0 Å². The van der Waals surface area contributed by atoms with Crippen LogP contribution in [0.2, 0.25) is 5.02 Å². The zero-order chi connectivity index (χ0) is 21.1. The van der Waals surface area contributed by atoms with E-state index in [1.165, 1.54) is 0 Å². The molecule has 1 aromatic heterocycles. The Morgan fingerprint density at radius 1 is 1.07 bits per heavy atom. The van der Waals surface area contributed by atoms with Crippen LogP contribution in [-0.2, 0) is 17.9 Å². The Labute approximate surface area is 180 Å². The SMILES string of the molecule is Cc1ccc(C)c(NC(=O)Cn2c(COc3ccccc3Cl)nc3ccccc32)c1. The third kappa shape index (κ3) is 4.31. The number of aryl methyl sites for hydroxylation is 2. The molecule has 0 aliphatic rings. The number of nitrogens with one attached hydrogen (secondary N) is 1. The maximum atomic E-state index is 12.8. The van der Waals surface area contributed by atoms with Gasteiger partial charge in [0, 0.05) is 5.69 Å². The van der Waals surface area contributed by atoms with Gasteiger partial charge in [-0.05, 0) is 55.3 Å². The van der Waals surface area contributed by atoms with Crippen LogP contribution in [0.15, 0.2) is 66.7 Å². The van der Waals surface area contributed by atoms with Crippen molar-refractivity contribution < 1.29 is 9.53 Å². The smallest absolute Gasteiger partial charge is 0.244 e. The van der Waals surface area contributed by atoms with Crippen LogP contribution in [0.3, 0.4) is 0 Å². The second-order valence-corrected chi connectivity index (χ2v) is 7.60. The predicted molar refractivity (Wildman–Crippen MR) is 120 cm³/mol. The molecule has 4 rings (SSSR count). The summed E-state index contributed by atoms with van der Waals surface area (Å²) in [6.07, 6.45) is 0. The van der Waals surface area contributed by atoms with E-state index in [0.717, 1.165) is 27.8 Å². The molecule has 4 aromatic rings. The Hall–Kier alpha value is -3.31. The van der Waals surface area contributed by atoms with Gasteiger partial charge in [-0.3, -0.25) is 4.79 Å². The molecule has 0 radical (unpaired) electrons. The van der Waals surface area contributed by atoms with E-state index >= 15 is 0 Å².